The maximum Gasteiger partial charge on any atom is 0.103 e. The van der Waals surface area contributed by atoms with E-state index in [9.17, 15) is 5.11 Å². The molecular weight excluding hydrogens is 528 g/mol. The predicted octanol–water partition coefficient (Wildman–Crippen LogP) is 1.70. The minimum Gasteiger partial charge on any atom is -0.871 e. The number of halogens is 2. The molecule has 3 rings (SSSR count). The van der Waals surface area contributed by atoms with Gasteiger partial charge in [-0.3, -0.25) is 5.01 Å². The Morgan fingerprint density at radius 3 is 2.54 bits per heavy atom. The van der Waals surface area contributed by atoms with Crippen LogP contribution in [0.15, 0.2) is 47.6 Å². The van der Waals surface area contributed by atoms with Gasteiger partial charge in [0.1, 0.15) is 6.54 Å². The van der Waals surface area contributed by atoms with E-state index in [1.165, 1.54) is 5.56 Å². The van der Waals surface area contributed by atoms with Crippen molar-refractivity contribution in [3.05, 3.63) is 60.7 Å². The van der Waals surface area contributed by atoms with Gasteiger partial charge in [-0.05, 0) is 62.9 Å². The fraction of sp³-hybridized carbons (Fsp3) is 0.278. The highest BCUT2D eigenvalue weighted by Crippen LogP contribution is 2.23. The summed E-state index contributed by atoms with van der Waals surface area (Å²) in [6.07, 6.45) is 1.72. The summed E-state index contributed by atoms with van der Waals surface area (Å²) < 4.78 is 1.81. The molecule has 1 fully saturated rings. The Labute approximate surface area is 169 Å². The average molecular weight is 547 g/mol. The molecule has 6 heteroatoms. The summed E-state index contributed by atoms with van der Waals surface area (Å²) in [5.41, 5.74) is 2.05. The Morgan fingerprint density at radius 1 is 1.12 bits per heavy atom. The fourth-order valence-corrected chi connectivity index (χ4v) is 4.70. The maximum absolute atomic E-state index is 12.1. The van der Waals surface area contributed by atoms with Crippen LogP contribution in [-0.4, -0.2) is 37.4 Å². The number of benzene rings is 2. The third-order valence-electron chi connectivity index (χ3n) is 4.14. The maximum atomic E-state index is 12.1. The van der Waals surface area contributed by atoms with Gasteiger partial charge in [0, 0.05) is 12.7 Å². The van der Waals surface area contributed by atoms with Crippen LogP contribution >= 0.6 is 45.2 Å². The lowest BCUT2D eigenvalue weighted by Gasteiger charge is -2.30. The second kappa shape index (κ2) is 8.48. The van der Waals surface area contributed by atoms with Crippen molar-refractivity contribution in [1.82, 2.24) is 5.01 Å². The lowest BCUT2D eigenvalue weighted by molar-refractivity contribution is -0.918. The normalized spacial score (nSPS) is 16.0. The molecule has 0 unspecified atom stereocenters. The first-order valence-corrected chi connectivity index (χ1v) is 10.1. The van der Waals surface area contributed by atoms with Crippen molar-refractivity contribution in [3.8, 4) is 5.75 Å². The van der Waals surface area contributed by atoms with E-state index in [0.717, 1.165) is 39.9 Å². The number of hydrazone groups is 1. The van der Waals surface area contributed by atoms with Crippen LogP contribution in [0.4, 0.5) is 0 Å². The molecule has 1 aliphatic rings. The molecule has 0 radical (unpaired) electrons. The monoisotopic (exact) mass is 547 g/mol. The van der Waals surface area contributed by atoms with E-state index in [2.05, 4.69) is 85.6 Å². The molecule has 0 spiro atoms. The van der Waals surface area contributed by atoms with Crippen molar-refractivity contribution in [3.63, 3.8) is 0 Å². The molecule has 126 valence electrons. The molecule has 0 saturated carbocycles. The van der Waals surface area contributed by atoms with Crippen molar-refractivity contribution in [2.75, 3.05) is 26.2 Å². The molecule has 2 aromatic rings. The number of hydrogen-bond acceptors (Lipinski definition) is 3. The summed E-state index contributed by atoms with van der Waals surface area (Å²) in [5, 5.41) is 18.7. The molecule has 4 nitrogen and oxygen atoms in total. The predicted molar refractivity (Wildman–Crippen MR) is 111 cm³/mol. The second-order valence-electron chi connectivity index (χ2n) is 5.92. The van der Waals surface area contributed by atoms with Gasteiger partial charge >= 0.3 is 0 Å². The zero-order valence-electron chi connectivity index (χ0n) is 13.2. The van der Waals surface area contributed by atoms with Crippen LogP contribution < -0.4 is 10.0 Å². The van der Waals surface area contributed by atoms with Crippen LogP contribution in [0.1, 0.15) is 11.1 Å². The Bertz CT molecular complexity index is 714. The second-order valence-corrected chi connectivity index (χ2v) is 8.32. The zero-order valence-corrected chi connectivity index (χ0v) is 17.5. The van der Waals surface area contributed by atoms with Crippen LogP contribution in [0, 0.1) is 7.14 Å². The summed E-state index contributed by atoms with van der Waals surface area (Å²) in [7, 11) is 0. The molecule has 1 N–H and O–H groups in total. The van der Waals surface area contributed by atoms with Crippen LogP contribution in [0.3, 0.4) is 0 Å². The van der Waals surface area contributed by atoms with E-state index in [1.807, 2.05) is 12.1 Å². The summed E-state index contributed by atoms with van der Waals surface area (Å²) in [6.45, 7) is 5.06. The quantitative estimate of drug-likeness (QED) is 0.469. The van der Waals surface area contributed by atoms with E-state index < -0.39 is 0 Å². The third kappa shape index (κ3) is 4.82. The largest absolute Gasteiger partial charge is 0.871 e. The van der Waals surface area contributed by atoms with Crippen molar-refractivity contribution in [2.24, 2.45) is 5.10 Å². The summed E-state index contributed by atoms with van der Waals surface area (Å²) >= 11 is 4.32. The first-order chi connectivity index (χ1) is 11.6. The smallest absolute Gasteiger partial charge is 0.103 e. The molecule has 1 heterocycles. The lowest BCUT2D eigenvalue weighted by Crippen LogP contribution is -3.13. The molecule has 1 aliphatic heterocycles. The van der Waals surface area contributed by atoms with Gasteiger partial charge in [0.25, 0.3) is 0 Å². The number of nitrogens with one attached hydrogen (secondary N) is 1. The summed E-state index contributed by atoms with van der Waals surface area (Å²) in [5.74, 6) is 0.0631. The van der Waals surface area contributed by atoms with Crippen LogP contribution in [0.25, 0.3) is 0 Å². The van der Waals surface area contributed by atoms with Crippen LogP contribution in [0.5, 0.6) is 5.75 Å². The van der Waals surface area contributed by atoms with Crippen molar-refractivity contribution < 1.29 is 10.0 Å². The van der Waals surface area contributed by atoms with E-state index in [-0.39, 0.29) is 5.75 Å². The molecular formula is C18H19I2N3O. The molecule has 0 aliphatic carbocycles. The molecule has 2 aromatic carbocycles. The Balaban J connectivity index is 1.56. The van der Waals surface area contributed by atoms with Gasteiger partial charge in [-0.1, -0.05) is 36.1 Å². The van der Waals surface area contributed by atoms with E-state index in [1.54, 1.807) is 11.1 Å². The standard InChI is InChI=1S/C18H19I2N3O/c19-16-10-15(18(24)17(20)11-16)12-21-23-8-6-22(7-9-23)13-14-4-2-1-3-5-14/h1-5,10-12,24H,6-9,13H2. The lowest BCUT2D eigenvalue weighted by atomic mass is 10.2. The van der Waals surface area contributed by atoms with E-state index >= 15 is 0 Å². The molecule has 0 amide bonds. The van der Waals surface area contributed by atoms with Gasteiger partial charge in [-0.2, -0.15) is 5.10 Å². The highest BCUT2D eigenvalue weighted by Gasteiger charge is 2.18. The van der Waals surface area contributed by atoms with Gasteiger partial charge in [-0.25, -0.2) is 0 Å². The minimum atomic E-state index is 0.0631. The van der Waals surface area contributed by atoms with Gasteiger partial charge in [0.15, 0.2) is 0 Å². The summed E-state index contributed by atoms with van der Waals surface area (Å²) in [6, 6.07) is 14.4. The first-order valence-electron chi connectivity index (χ1n) is 7.94. The van der Waals surface area contributed by atoms with Crippen molar-refractivity contribution in [2.45, 2.75) is 6.54 Å². The molecule has 1 saturated heterocycles. The van der Waals surface area contributed by atoms with Crippen molar-refractivity contribution in [1.29, 1.82) is 0 Å². The SMILES string of the molecule is [O-]c1c(I)cc(I)cc1C=NN1CC[NH+](Cc2ccccc2)CC1. The molecule has 0 bridgehead atoms. The third-order valence-corrected chi connectivity index (χ3v) is 5.57. The molecule has 0 aromatic heterocycles. The van der Waals surface area contributed by atoms with Gasteiger partial charge < -0.3 is 10.0 Å². The summed E-state index contributed by atoms with van der Waals surface area (Å²) in [4.78, 5) is 1.58. The number of hydrogen-bond donors (Lipinski definition) is 1. The van der Waals surface area contributed by atoms with Gasteiger partial charge in [0.2, 0.25) is 0 Å². The highest BCUT2D eigenvalue weighted by atomic mass is 127. The Morgan fingerprint density at radius 2 is 1.83 bits per heavy atom. The zero-order chi connectivity index (χ0) is 16.9. The topological polar surface area (TPSA) is 43.1 Å². The Hall–Kier alpha value is -0.870. The van der Waals surface area contributed by atoms with Crippen molar-refractivity contribution >= 4 is 51.4 Å². The number of nitrogens with zero attached hydrogens (tertiary/aromatic N) is 2. The molecule has 24 heavy (non-hydrogen) atoms. The number of piperazine rings is 1. The number of rotatable bonds is 4. The highest BCUT2D eigenvalue weighted by molar-refractivity contribution is 14.1. The van der Waals surface area contributed by atoms with Gasteiger partial charge in [-0.15, -0.1) is 0 Å². The fourth-order valence-electron chi connectivity index (χ4n) is 2.81. The average Bonchev–Trinajstić information content (AvgIpc) is 2.59. The first kappa shape index (κ1) is 17.9. The van der Waals surface area contributed by atoms with Crippen LogP contribution in [-0.2, 0) is 6.54 Å². The number of quaternary nitrogens is 1. The Kier molecular flexibility index (Phi) is 6.34. The molecule has 0 atom stereocenters. The van der Waals surface area contributed by atoms with E-state index in [4.69, 9.17) is 0 Å². The van der Waals surface area contributed by atoms with Crippen LogP contribution in [0.2, 0.25) is 0 Å². The van der Waals surface area contributed by atoms with Gasteiger partial charge in [0.05, 0.1) is 32.4 Å². The van der Waals surface area contributed by atoms with E-state index in [0.29, 0.717) is 5.56 Å². The minimum absolute atomic E-state index is 0.0631.